The summed E-state index contributed by atoms with van der Waals surface area (Å²) in [7, 11) is 0. The van der Waals surface area contributed by atoms with Crippen molar-refractivity contribution < 1.29 is 42.9 Å². The van der Waals surface area contributed by atoms with E-state index < -0.39 is 24.6 Å². The molecule has 0 saturated carbocycles. The predicted octanol–water partition coefficient (Wildman–Crippen LogP) is -1.69. The summed E-state index contributed by atoms with van der Waals surface area (Å²) in [5, 5.41) is 0. The quantitative estimate of drug-likeness (QED) is 0.389. The van der Waals surface area contributed by atoms with Gasteiger partial charge >= 0.3 is 0 Å². The van der Waals surface area contributed by atoms with Crippen molar-refractivity contribution in [3.8, 4) is 0 Å². The van der Waals surface area contributed by atoms with Gasteiger partial charge in [0.1, 0.15) is 69.9 Å². The number of hydrogen-bond donors (Lipinski definition) is 0. The molecule has 0 radical (unpaired) electrons. The Labute approximate surface area is 126 Å². The highest BCUT2D eigenvalue weighted by atomic mass is 16.7. The van der Waals surface area contributed by atoms with E-state index in [2.05, 4.69) is 0 Å². The van der Waals surface area contributed by atoms with Crippen LogP contribution < -0.4 is 0 Å². The maximum Gasteiger partial charge on any atom is 0.187 e. The van der Waals surface area contributed by atoms with Crippen molar-refractivity contribution in [3.05, 3.63) is 0 Å². The lowest BCUT2D eigenvalue weighted by Crippen LogP contribution is -2.57. The van der Waals surface area contributed by atoms with Crippen LogP contribution in [0.15, 0.2) is 0 Å². The van der Waals surface area contributed by atoms with Crippen LogP contribution in [0.5, 0.6) is 0 Å². The van der Waals surface area contributed by atoms with Gasteiger partial charge in [-0.15, -0.1) is 0 Å². The minimum atomic E-state index is -0.960. The predicted molar refractivity (Wildman–Crippen MR) is 69.2 cm³/mol. The number of aldehydes is 4. The summed E-state index contributed by atoms with van der Waals surface area (Å²) in [6, 6.07) is 0. The Morgan fingerprint density at radius 2 is 1.23 bits per heavy atom. The van der Waals surface area contributed by atoms with Crippen molar-refractivity contribution in [2.75, 3.05) is 33.0 Å². The first-order valence-corrected chi connectivity index (χ1v) is 6.61. The van der Waals surface area contributed by atoms with E-state index in [1.165, 1.54) is 0 Å². The Bertz CT molecular complexity index is 325. The van der Waals surface area contributed by atoms with Gasteiger partial charge in [-0.1, -0.05) is 0 Å². The second-order valence-electron chi connectivity index (χ2n) is 4.17. The van der Waals surface area contributed by atoms with Gasteiger partial charge in [-0.3, -0.25) is 0 Å². The van der Waals surface area contributed by atoms with E-state index in [-0.39, 0.29) is 33.0 Å². The van der Waals surface area contributed by atoms with E-state index in [1.807, 2.05) is 0 Å². The molecule has 9 heteroatoms. The van der Waals surface area contributed by atoms with E-state index in [0.29, 0.717) is 25.1 Å². The van der Waals surface area contributed by atoms with Crippen LogP contribution in [0, 0.1) is 0 Å². The SMILES string of the molecule is O=CCOC1OC[C@@H](OCC=O)[C@H](OCC=O)[C@H]1OCC=O. The zero-order chi connectivity index (χ0) is 16.2. The zero-order valence-electron chi connectivity index (χ0n) is 11.8. The van der Waals surface area contributed by atoms with E-state index in [1.54, 1.807) is 0 Å². The van der Waals surface area contributed by atoms with Crippen LogP contribution in [-0.4, -0.2) is 82.8 Å². The summed E-state index contributed by atoms with van der Waals surface area (Å²) in [5.74, 6) is 0. The highest BCUT2D eigenvalue weighted by molar-refractivity contribution is 5.51. The molecule has 0 N–H and O–H groups in total. The topological polar surface area (TPSA) is 114 Å². The maximum atomic E-state index is 10.5. The minimum Gasteiger partial charge on any atom is -0.366 e. The minimum absolute atomic E-state index is 0.0157. The molecule has 0 aromatic rings. The summed E-state index contributed by atoms with van der Waals surface area (Å²) < 4.78 is 26.5. The van der Waals surface area contributed by atoms with Crippen molar-refractivity contribution in [2.45, 2.75) is 24.6 Å². The number of carbonyl (C=O) groups is 4. The standard InChI is InChI=1S/C13H18O9/c14-1-5-18-10-9-22-13(21-8-4-17)12(20-7-3-16)11(10)19-6-2-15/h1-4,10-13H,5-9H2/t10-,11+,12-,13?/m1/s1. The Hall–Kier alpha value is -1.52. The van der Waals surface area contributed by atoms with Crippen LogP contribution in [0.1, 0.15) is 0 Å². The van der Waals surface area contributed by atoms with Crippen LogP contribution in [0.25, 0.3) is 0 Å². The third-order valence-electron chi connectivity index (χ3n) is 2.80. The Morgan fingerprint density at radius 1 is 0.727 bits per heavy atom. The van der Waals surface area contributed by atoms with Crippen LogP contribution in [-0.2, 0) is 42.9 Å². The lowest BCUT2D eigenvalue weighted by molar-refractivity contribution is -0.288. The van der Waals surface area contributed by atoms with E-state index in [9.17, 15) is 19.2 Å². The van der Waals surface area contributed by atoms with Gasteiger partial charge in [0.25, 0.3) is 0 Å². The molecule has 9 nitrogen and oxygen atoms in total. The zero-order valence-corrected chi connectivity index (χ0v) is 11.8. The molecule has 22 heavy (non-hydrogen) atoms. The number of carbonyl (C=O) groups excluding carboxylic acids is 4. The number of ether oxygens (including phenoxy) is 5. The Morgan fingerprint density at radius 3 is 1.82 bits per heavy atom. The van der Waals surface area contributed by atoms with Gasteiger partial charge in [0, 0.05) is 0 Å². The summed E-state index contributed by atoms with van der Waals surface area (Å²) in [4.78, 5) is 41.9. The van der Waals surface area contributed by atoms with Crippen LogP contribution >= 0.6 is 0 Å². The molecular formula is C13H18O9. The fraction of sp³-hybridized carbons (Fsp3) is 0.692. The first kappa shape index (κ1) is 18.5. The smallest absolute Gasteiger partial charge is 0.187 e. The molecule has 1 fully saturated rings. The summed E-state index contributed by atoms with van der Waals surface area (Å²) >= 11 is 0. The molecule has 4 atom stereocenters. The molecule has 1 unspecified atom stereocenters. The van der Waals surface area contributed by atoms with Gasteiger partial charge < -0.3 is 42.9 Å². The molecule has 1 aliphatic rings. The molecule has 0 amide bonds. The van der Waals surface area contributed by atoms with Crippen molar-refractivity contribution in [1.82, 2.24) is 0 Å². The third kappa shape index (κ3) is 5.70. The fourth-order valence-electron chi connectivity index (χ4n) is 2.01. The molecular weight excluding hydrogens is 300 g/mol. The number of hydrogen-bond acceptors (Lipinski definition) is 9. The van der Waals surface area contributed by atoms with E-state index >= 15 is 0 Å². The van der Waals surface area contributed by atoms with E-state index in [0.717, 1.165) is 0 Å². The average molecular weight is 318 g/mol. The highest BCUT2D eigenvalue weighted by Crippen LogP contribution is 2.24. The largest absolute Gasteiger partial charge is 0.366 e. The fourth-order valence-corrected chi connectivity index (χ4v) is 2.01. The Kier molecular flexibility index (Phi) is 9.35. The van der Waals surface area contributed by atoms with Crippen LogP contribution in [0.4, 0.5) is 0 Å². The average Bonchev–Trinajstić information content (AvgIpc) is 2.55. The molecule has 0 aromatic heterocycles. The van der Waals surface area contributed by atoms with Crippen molar-refractivity contribution >= 4 is 25.1 Å². The molecule has 1 rings (SSSR count). The van der Waals surface area contributed by atoms with Gasteiger partial charge in [-0.25, -0.2) is 0 Å². The first-order chi connectivity index (χ1) is 10.8. The third-order valence-corrected chi connectivity index (χ3v) is 2.80. The molecule has 0 aliphatic carbocycles. The maximum absolute atomic E-state index is 10.5. The molecule has 1 aliphatic heterocycles. The molecule has 0 aromatic carbocycles. The molecule has 0 spiro atoms. The lowest BCUT2D eigenvalue weighted by atomic mass is 10.0. The summed E-state index contributed by atoms with van der Waals surface area (Å²) in [6.07, 6.45) is -1.15. The molecule has 0 bridgehead atoms. The van der Waals surface area contributed by atoms with Crippen LogP contribution in [0.3, 0.4) is 0 Å². The van der Waals surface area contributed by atoms with Gasteiger partial charge in [0.15, 0.2) is 6.29 Å². The Balaban J connectivity index is 2.82. The summed E-state index contributed by atoms with van der Waals surface area (Å²) in [5.41, 5.74) is 0. The van der Waals surface area contributed by atoms with Gasteiger partial charge in [0.05, 0.1) is 6.61 Å². The van der Waals surface area contributed by atoms with Gasteiger partial charge in [-0.2, -0.15) is 0 Å². The molecule has 1 heterocycles. The van der Waals surface area contributed by atoms with Crippen LogP contribution in [0.2, 0.25) is 0 Å². The summed E-state index contributed by atoms with van der Waals surface area (Å²) in [6.45, 7) is -0.883. The van der Waals surface area contributed by atoms with E-state index in [4.69, 9.17) is 23.7 Å². The van der Waals surface area contributed by atoms with Gasteiger partial charge in [-0.05, 0) is 0 Å². The molecule has 1 saturated heterocycles. The van der Waals surface area contributed by atoms with Gasteiger partial charge in [0.2, 0.25) is 0 Å². The normalized spacial score (nSPS) is 28.0. The molecule has 124 valence electrons. The monoisotopic (exact) mass is 318 g/mol. The first-order valence-electron chi connectivity index (χ1n) is 6.61. The van der Waals surface area contributed by atoms with Crippen molar-refractivity contribution in [3.63, 3.8) is 0 Å². The second-order valence-corrected chi connectivity index (χ2v) is 4.17. The number of rotatable bonds is 12. The lowest BCUT2D eigenvalue weighted by Gasteiger charge is -2.40. The second kappa shape index (κ2) is 11.1. The highest BCUT2D eigenvalue weighted by Gasteiger charge is 2.43. The van der Waals surface area contributed by atoms with Crippen molar-refractivity contribution in [1.29, 1.82) is 0 Å². The van der Waals surface area contributed by atoms with Crippen molar-refractivity contribution in [2.24, 2.45) is 0 Å².